The zero-order chi connectivity index (χ0) is 22.1. The van der Waals surface area contributed by atoms with Gasteiger partial charge in [-0.15, -0.1) is 0 Å². The monoisotopic (exact) mass is 411 g/mol. The molecule has 0 aliphatic heterocycles. The van der Waals surface area contributed by atoms with Crippen LogP contribution in [0.25, 0.3) is 0 Å². The first-order chi connectivity index (χ1) is 14.3. The maximum absolute atomic E-state index is 12.3. The quantitative estimate of drug-likeness (QED) is 0.455. The van der Waals surface area contributed by atoms with Crippen molar-refractivity contribution in [2.75, 3.05) is 11.9 Å². The highest BCUT2D eigenvalue weighted by atomic mass is 16.5. The summed E-state index contributed by atoms with van der Waals surface area (Å²) in [4.78, 5) is 36.7. The fourth-order valence-corrected chi connectivity index (χ4v) is 2.73. The molecule has 0 bridgehead atoms. The second-order valence-electron chi connectivity index (χ2n) is 7.24. The first kappa shape index (κ1) is 23.1. The molecule has 1 amide bonds. The highest BCUT2D eigenvalue weighted by molar-refractivity contribution is 5.98. The maximum atomic E-state index is 12.3. The number of rotatable bonds is 10. The van der Waals surface area contributed by atoms with Gasteiger partial charge in [0.2, 0.25) is 0 Å². The first-order valence-electron chi connectivity index (χ1n) is 10.1. The van der Waals surface area contributed by atoms with Gasteiger partial charge in [0, 0.05) is 17.7 Å². The number of aryl methyl sites for hydroxylation is 2. The third kappa shape index (κ3) is 7.03. The van der Waals surface area contributed by atoms with Crippen molar-refractivity contribution < 1.29 is 23.9 Å². The lowest BCUT2D eigenvalue weighted by Crippen LogP contribution is -2.30. The largest absolute Gasteiger partial charge is 0.494 e. The van der Waals surface area contributed by atoms with Crippen molar-refractivity contribution in [1.82, 2.24) is 0 Å². The van der Waals surface area contributed by atoms with Crippen LogP contribution in [0.15, 0.2) is 42.5 Å². The Morgan fingerprint density at radius 3 is 2.37 bits per heavy atom. The summed E-state index contributed by atoms with van der Waals surface area (Å²) in [6, 6.07) is 12.6. The Morgan fingerprint density at radius 2 is 1.70 bits per heavy atom. The van der Waals surface area contributed by atoms with E-state index in [2.05, 4.69) is 5.32 Å². The van der Waals surface area contributed by atoms with Crippen molar-refractivity contribution in [3.05, 3.63) is 59.2 Å². The van der Waals surface area contributed by atoms with Crippen LogP contribution >= 0.6 is 0 Å². The van der Waals surface area contributed by atoms with E-state index < -0.39 is 18.0 Å². The summed E-state index contributed by atoms with van der Waals surface area (Å²) in [5, 5.41) is 2.77. The molecule has 2 aromatic rings. The van der Waals surface area contributed by atoms with Crippen molar-refractivity contribution in [1.29, 1.82) is 0 Å². The Morgan fingerprint density at radius 1 is 1.00 bits per heavy atom. The van der Waals surface area contributed by atoms with E-state index in [1.54, 1.807) is 24.3 Å². The molecule has 0 fully saturated rings. The summed E-state index contributed by atoms with van der Waals surface area (Å²) < 4.78 is 10.7. The van der Waals surface area contributed by atoms with Gasteiger partial charge < -0.3 is 14.8 Å². The van der Waals surface area contributed by atoms with Gasteiger partial charge >= 0.3 is 5.97 Å². The second-order valence-corrected chi connectivity index (χ2v) is 7.24. The molecule has 0 spiro atoms. The molecule has 0 aliphatic rings. The van der Waals surface area contributed by atoms with Gasteiger partial charge in [0.1, 0.15) is 5.75 Å². The van der Waals surface area contributed by atoms with Gasteiger partial charge in [-0.05, 0) is 68.7 Å². The molecule has 1 N–H and O–H groups in total. The Labute approximate surface area is 177 Å². The van der Waals surface area contributed by atoms with Gasteiger partial charge in [0.25, 0.3) is 5.91 Å². The molecule has 0 saturated carbocycles. The van der Waals surface area contributed by atoms with Crippen LogP contribution in [0.2, 0.25) is 0 Å². The number of esters is 1. The van der Waals surface area contributed by atoms with Gasteiger partial charge in [-0.3, -0.25) is 14.4 Å². The minimum absolute atomic E-state index is 0.0132. The molecule has 1 atom stereocenters. The van der Waals surface area contributed by atoms with Crippen LogP contribution in [-0.2, 0) is 14.3 Å². The molecule has 160 valence electrons. The summed E-state index contributed by atoms with van der Waals surface area (Å²) in [6.45, 7) is 7.97. The normalized spacial score (nSPS) is 11.5. The van der Waals surface area contributed by atoms with E-state index in [0.717, 1.165) is 17.5 Å². The maximum Gasteiger partial charge on any atom is 0.307 e. The number of carbonyl (C=O) groups is 3. The number of carbonyl (C=O) groups excluding carboxylic acids is 3. The SMILES string of the molecule is CCCOc1ccc(C(=O)CCC(=O)O[C@H](C)C(=O)Nc2cc(C)ccc2C)cc1. The highest BCUT2D eigenvalue weighted by Crippen LogP contribution is 2.17. The van der Waals surface area contributed by atoms with Crippen molar-refractivity contribution in [2.45, 2.75) is 53.1 Å². The number of hydrogen-bond acceptors (Lipinski definition) is 5. The van der Waals surface area contributed by atoms with E-state index in [1.807, 2.05) is 39.0 Å². The average molecular weight is 411 g/mol. The topological polar surface area (TPSA) is 81.7 Å². The smallest absolute Gasteiger partial charge is 0.307 e. The summed E-state index contributed by atoms with van der Waals surface area (Å²) in [5.41, 5.74) is 3.13. The average Bonchev–Trinajstić information content (AvgIpc) is 2.73. The Kier molecular flexibility index (Phi) is 8.59. The predicted molar refractivity (Wildman–Crippen MR) is 116 cm³/mol. The van der Waals surface area contributed by atoms with E-state index in [1.165, 1.54) is 6.92 Å². The standard InChI is InChI=1S/C24H29NO5/c1-5-14-29-20-10-8-19(9-11-20)22(26)12-13-23(27)30-18(4)24(28)25-21-15-16(2)6-7-17(21)3/h6-11,15,18H,5,12-14H2,1-4H3,(H,25,28)/t18-/m1/s1. The van der Waals surface area contributed by atoms with Crippen molar-refractivity contribution in [2.24, 2.45) is 0 Å². The zero-order valence-electron chi connectivity index (χ0n) is 18.0. The Balaban J connectivity index is 1.81. The summed E-state index contributed by atoms with van der Waals surface area (Å²) >= 11 is 0. The number of anilines is 1. The molecule has 0 aliphatic carbocycles. The van der Waals surface area contributed by atoms with Crippen LogP contribution in [0.4, 0.5) is 5.69 Å². The number of benzene rings is 2. The third-order valence-electron chi connectivity index (χ3n) is 4.53. The molecule has 6 nitrogen and oxygen atoms in total. The predicted octanol–water partition coefficient (Wildman–Crippen LogP) is 4.63. The van der Waals surface area contributed by atoms with Crippen LogP contribution in [-0.4, -0.2) is 30.4 Å². The molecule has 0 saturated heterocycles. The zero-order valence-corrected chi connectivity index (χ0v) is 18.0. The van der Waals surface area contributed by atoms with Crippen molar-refractivity contribution in [3.8, 4) is 5.75 Å². The van der Waals surface area contributed by atoms with Gasteiger partial charge in [0.15, 0.2) is 11.9 Å². The minimum Gasteiger partial charge on any atom is -0.494 e. The lowest BCUT2D eigenvalue weighted by atomic mass is 10.1. The third-order valence-corrected chi connectivity index (χ3v) is 4.53. The Hall–Kier alpha value is -3.15. The van der Waals surface area contributed by atoms with E-state index in [9.17, 15) is 14.4 Å². The van der Waals surface area contributed by atoms with E-state index in [0.29, 0.717) is 23.6 Å². The summed E-state index contributed by atoms with van der Waals surface area (Å²) in [6.07, 6.45) is -0.125. The number of hydrogen-bond donors (Lipinski definition) is 1. The number of ketones is 1. The molecule has 0 heterocycles. The van der Waals surface area contributed by atoms with Crippen LogP contribution < -0.4 is 10.1 Å². The van der Waals surface area contributed by atoms with E-state index in [4.69, 9.17) is 9.47 Å². The lowest BCUT2D eigenvalue weighted by Gasteiger charge is -2.15. The number of Topliss-reactive ketones (excluding diaryl/α,β-unsaturated/α-hetero) is 1. The number of nitrogens with one attached hydrogen (secondary N) is 1. The lowest BCUT2D eigenvalue weighted by molar-refractivity contribution is -0.153. The molecule has 30 heavy (non-hydrogen) atoms. The van der Waals surface area contributed by atoms with Crippen molar-refractivity contribution in [3.63, 3.8) is 0 Å². The summed E-state index contributed by atoms with van der Waals surface area (Å²) in [7, 11) is 0. The van der Waals surface area contributed by atoms with Crippen LogP contribution in [0.5, 0.6) is 5.75 Å². The number of ether oxygens (including phenoxy) is 2. The van der Waals surface area contributed by atoms with Gasteiger partial charge in [-0.1, -0.05) is 19.1 Å². The molecule has 0 aromatic heterocycles. The fourth-order valence-electron chi connectivity index (χ4n) is 2.73. The second kappa shape index (κ2) is 11.1. The molecule has 2 aromatic carbocycles. The van der Waals surface area contributed by atoms with Crippen LogP contribution in [0.1, 0.15) is 54.6 Å². The number of amides is 1. The molecular formula is C24H29NO5. The van der Waals surface area contributed by atoms with Crippen LogP contribution in [0, 0.1) is 13.8 Å². The Bertz CT molecular complexity index is 889. The molecule has 6 heteroatoms. The van der Waals surface area contributed by atoms with E-state index in [-0.39, 0.29) is 18.6 Å². The highest BCUT2D eigenvalue weighted by Gasteiger charge is 2.19. The molecule has 2 rings (SSSR count). The minimum atomic E-state index is -0.956. The van der Waals surface area contributed by atoms with Gasteiger partial charge in [-0.2, -0.15) is 0 Å². The van der Waals surface area contributed by atoms with Crippen LogP contribution in [0.3, 0.4) is 0 Å². The van der Waals surface area contributed by atoms with Gasteiger partial charge in [-0.25, -0.2) is 0 Å². The molecular weight excluding hydrogens is 382 g/mol. The summed E-state index contributed by atoms with van der Waals surface area (Å²) in [5.74, 6) is -0.459. The molecule has 0 radical (unpaired) electrons. The first-order valence-corrected chi connectivity index (χ1v) is 10.1. The van der Waals surface area contributed by atoms with Gasteiger partial charge in [0.05, 0.1) is 13.0 Å². The molecule has 0 unspecified atom stereocenters. The van der Waals surface area contributed by atoms with Crippen molar-refractivity contribution >= 4 is 23.3 Å². The van der Waals surface area contributed by atoms with E-state index >= 15 is 0 Å². The fraction of sp³-hybridized carbons (Fsp3) is 0.375.